The summed E-state index contributed by atoms with van der Waals surface area (Å²) in [6, 6.07) is 0. The van der Waals surface area contributed by atoms with Crippen LogP contribution in [0.3, 0.4) is 0 Å². The second-order valence-electron chi connectivity index (χ2n) is 5.76. The molecule has 0 bridgehead atoms. The van der Waals surface area contributed by atoms with E-state index in [0.717, 1.165) is 11.3 Å². The fourth-order valence-electron chi connectivity index (χ4n) is 2.71. The maximum Gasteiger partial charge on any atom is 0.348 e. The van der Waals surface area contributed by atoms with Gasteiger partial charge >= 0.3 is 11.9 Å². The zero-order chi connectivity index (χ0) is 18.8. The van der Waals surface area contributed by atoms with Crippen molar-refractivity contribution in [2.75, 3.05) is 31.0 Å². The number of carbonyl (C=O) groups excluding carboxylic acids is 3. The van der Waals surface area contributed by atoms with Crippen molar-refractivity contribution in [2.24, 2.45) is 5.92 Å². The number of anilines is 1. The highest BCUT2D eigenvalue weighted by atomic mass is 32.2. The highest BCUT2D eigenvalue weighted by molar-refractivity contribution is 7.91. The summed E-state index contributed by atoms with van der Waals surface area (Å²) >= 11 is 0.923. The van der Waals surface area contributed by atoms with Crippen molar-refractivity contribution in [3.05, 3.63) is 16.0 Å². The Morgan fingerprint density at radius 2 is 1.84 bits per heavy atom. The molecule has 10 heteroatoms. The molecule has 2 rings (SSSR count). The van der Waals surface area contributed by atoms with Gasteiger partial charge in [-0.25, -0.2) is 18.0 Å². The number of nitrogens with one attached hydrogen (secondary N) is 1. The number of sulfone groups is 1. The highest BCUT2D eigenvalue weighted by Gasteiger charge is 2.31. The number of amides is 1. The van der Waals surface area contributed by atoms with Crippen LogP contribution in [0.15, 0.2) is 0 Å². The zero-order valence-corrected chi connectivity index (χ0v) is 15.7. The van der Waals surface area contributed by atoms with E-state index in [-0.39, 0.29) is 39.3 Å². The summed E-state index contributed by atoms with van der Waals surface area (Å²) < 4.78 is 32.3. The second-order valence-corrected chi connectivity index (χ2v) is 9.01. The molecule has 1 atom stereocenters. The van der Waals surface area contributed by atoms with Gasteiger partial charge in [0.25, 0.3) is 0 Å². The number of ether oxygens (including phenoxy) is 2. The van der Waals surface area contributed by atoms with Crippen LogP contribution in [0.5, 0.6) is 0 Å². The quantitative estimate of drug-likeness (QED) is 0.757. The third-order valence-corrected chi connectivity index (χ3v) is 6.99. The van der Waals surface area contributed by atoms with Gasteiger partial charge < -0.3 is 14.8 Å². The maximum absolute atomic E-state index is 12.2. The van der Waals surface area contributed by atoms with Crippen LogP contribution in [0, 0.1) is 12.8 Å². The van der Waals surface area contributed by atoms with E-state index in [1.165, 1.54) is 14.2 Å². The minimum absolute atomic E-state index is 0.0127. The van der Waals surface area contributed by atoms with Crippen LogP contribution in [0.2, 0.25) is 0 Å². The summed E-state index contributed by atoms with van der Waals surface area (Å²) in [5.74, 6) is -1.88. The van der Waals surface area contributed by atoms with Crippen molar-refractivity contribution in [3.63, 3.8) is 0 Å². The molecule has 1 aromatic heterocycles. The van der Waals surface area contributed by atoms with Gasteiger partial charge in [-0.3, -0.25) is 4.79 Å². The lowest BCUT2D eigenvalue weighted by atomic mass is 10.1. The smallest absolute Gasteiger partial charge is 0.348 e. The van der Waals surface area contributed by atoms with Crippen molar-refractivity contribution in [1.82, 2.24) is 0 Å². The summed E-state index contributed by atoms with van der Waals surface area (Å²) in [6.07, 6.45) is 0.473. The lowest BCUT2D eigenvalue weighted by molar-refractivity contribution is -0.116. The molecule has 1 fully saturated rings. The first-order chi connectivity index (χ1) is 11.7. The molecule has 1 N–H and O–H groups in total. The molecule has 0 aromatic carbocycles. The summed E-state index contributed by atoms with van der Waals surface area (Å²) in [5.41, 5.74) is 0.461. The molecule has 2 heterocycles. The van der Waals surface area contributed by atoms with Gasteiger partial charge in [-0.1, -0.05) is 0 Å². The molecular formula is C15H19NO7S2. The van der Waals surface area contributed by atoms with E-state index in [1.54, 1.807) is 6.92 Å². The number of carbonyl (C=O) groups is 3. The van der Waals surface area contributed by atoms with Crippen molar-refractivity contribution in [3.8, 4) is 0 Å². The molecule has 1 amide bonds. The van der Waals surface area contributed by atoms with Gasteiger partial charge in [-0.2, -0.15) is 0 Å². The van der Waals surface area contributed by atoms with Gasteiger partial charge in [0.15, 0.2) is 9.84 Å². The highest BCUT2D eigenvalue weighted by Crippen LogP contribution is 2.34. The van der Waals surface area contributed by atoms with Crippen LogP contribution in [0.4, 0.5) is 5.00 Å². The molecule has 25 heavy (non-hydrogen) atoms. The predicted octanol–water partition coefficient (Wildman–Crippen LogP) is 1.39. The number of thiophene rings is 1. The van der Waals surface area contributed by atoms with Crippen LogP contribution < -0.4 is 5.32 Å². The first-order valence-electron chi connectivity index (χ1n) is 7.48. The Balaban J connectivity index is 2.21. The lowest BCUT2D eigenvalue weighted by Gasteiger charge is -2.09. The van der Waals surface area contributed by atoms with Crippen LogP contribution >= 0.6 is 11.3 Å². The molecule has 1 saturated heterocycles. The van der Waals surface area contributed by atoms with E-state index in [0.29, 0.717) is 12.0 Å². The number of hydrogen-bond donors (Lipinski definition) is 1. The van der Waals surface area contributed by atoms with E-state index in [2.05, 4.69) is 10.1 Å². The first-order valence-corrected chi connectivity index (χ1v) is 10.1. The molecular weight excluding hydrogens is 370 g/mol. The molecule has 138 valence electrons. The Kier molecular flexibility index (Phi) is 5.83. The van der Waals surface area contributed by atoms with E-state index in [1.807, 2.05) is 0 Å². The minimum Gasteiger partial charge on any atom is -0.465 e. The van der Waals surface area contributed by atoms with Crippen LogP contribution in [-0.2, 0) is 24.1 Å². The Bertz CT molecular complexity index is 810. The first kappa shape index (κ1) is 19.4. The van der Waals surface area contributed by atoms with Gasteiger partial charge in [-0.15, -0.1) is 11.3 Å². The van der Waals surface area contributed by atoms with Crippen molar-refractivity contribution in [2.45, 2.75) is 19.8 Å². The molecule has 1 aliphatic rings. The van der Waals surface area contributed by atoms with Crippen LogP contribution in [0.1, 0.15) is 38.4 Å². The third kappa shape index (κ3) is 4.37. The van der Waals surface area contributed by atoms with Crippen LogP contribution in [0.25, 0.3) is 0 Å². The summed E-state index contributed by atoms with van der Waals surface area (Å²) in [6.45, 7) is 1.56. The largest absolute Gasteiger partial charge is 0.465 e. The Morgan fingerprint density at radius 1 is 1.20 bits per heavy atom. The minimum atomic E-state index is -3.07. The number of esters is 2. The molecule has 8 nitrogen and oxygen atoms in total. The second kappa shape index (κ2) is 7.52. The van der Waals surface area contributed by atoms with E-state index >= 15 is 0 Å². The van der Waals surface area contributed by atoms with Gasteiger partial charge in [0.1, 0.15) is 9.88 Å². The molecule has 0 spiro atoms. The predicted molar refractivity (Wildman–Crippen MR) is 91.7 cm³/mol. The third-order valence-electron chi connectivity index (χ3n) is 3.96. The fourth-order valence-corrected chi connectivity index (χ4v) is 5.70. The maximum atomic E-state index is 12.2. The standard InChI is InChI=1S/C15H19NO7S2/c1-8-11(14(18)22-2)13(24-12(8)15(19)23-3)16-10(17)6-9-4-5-25(20,21)7-9/h9H,4-7H2,1-3H3,(H,16,17)/t9-/m1/s1. The van der Waals surface area contributed by atoms with Crippen LogP contribution in [-0.4, -0.2) is 52.0 Å². The van der Waals surface area contributed by atoms with Crippen molar-refractivity contribution < 1.29 is 32.3 Å². The van der Waals surface area contributed by atoms with Gasteiger partial charge in [-0.05, 0) is 24.8 Å². The number of methoxy groups -OCH3 is 2. The number of hydrogen-bond acceptors (Lipinski definition) is 8. The van der Waals surface area contributed by atoms with E-state index < -0.39 is 27.7 Å². The SMILES string of the molecule is COC(=O)c1sc(NC(=O)C[C@H]2CCS(=O)(=O)C2)c(C(=O)OC)c1C. The van der Waals surface area contributed by atoms with E-state index in [4.69, 9.17) is 4.74 Å². The van der Waals surface area contributed by atoms with Gasteiger partial charge in [0.2, 0.25) is 5.91 Å². The average molecular weight is 389 g/mol. The van der Waals surface area contributed by atoms with Crippen molar-refractivity contribution in [1.29, 1.82) is 0 Å². The Morgan fingerprint density at radius 3 is 2.36 bits per heavy atom. The Labute approximate surface area is 149 Å². The van der Waals surface area contributed by atoms with Gasteiger partial charge in [0.05, 0.1) is 31.3 Å². The van der Waals surface area contributed by atoms with E-state index in [9.17, 15) is 22.8 Å². The fraction of sp³-hybridized carbons (Fsp3) is 0.533. The molecule has 0 unspecified atom stereocenters. The monoisotopic (exact) mass is 389 g/mol. The summed E-state index contributed by atoms with van der Waals surface area (Å²) in [4.78, 5) is 36.2. The van der Waals surface area contributed by atoms with Gasteiger partial charge in [0, 0.05) is 6.42 Å². The lowest BCUT2D eigenvalue weighted by Crippen LogP contribution is -2.18. The average Bonchev–Trinajstić information content (AvgIpc) is 3.05. The topological polar surface area (TPSA) is 116 Å². The molecule has 1 aliphatic heterocycles. The summed E-state index contributed by atoms with van der Waals surface area (Å²) in [7, 11) is -0.648. The summed E-state index contributed by atoms with van der Waals surface area (Å²) in [5, 5.41) is 2.79. The zero-order valence-electron chi connectivity index (χ0n) is 14.1. The Hall–Kier alpha value is -1.94. The molecule has 1 aromatic rings. The van der Waals surface area contributed by atoms with Crippen molar-refractivity contribution >= 4 is 44.0 Å². The molecule has 0 saturated carbocycles. The number of rotatable bonds is 5. The molecule has 0 radical (unpaired) electrons. The molecule has 0 aliphatic carbocycles. The normalized spacial score (nSPS) is 18.6.